The van der Waals surface area contributed by atoms with Gasteiger partial charge in [-0.3, -0.25) is 4.57 Å². The van der Waals surface area contributed by atoms with Gasteiger partial charge < -0.3 is 23.8 Å². The van der Waals surface area contributed by atoms with Crippen LogP contribution >= 0.6 is 0 Å². The summed E-state index contributed by atoms with van der Waals surface area (Å²) >= 11 is 0. The molecule has 4 aromatic rings. The van der Waals surface area contributed by atoms with Crippen LogP contribution < -0.4 is 0 Å². The van der Waals surface area contributed by atoms with E-state index in [1.165, 1.54) is 16.5 Å². The molecule has 2 aromatic heterocycles. The van der Waals surface area contributed by atoms with Crippen LogP contribution in [-0.2, 0) is 22.6 Å². The van der Waals surface area contributed by atoms with Gasteiger partial charge in [-0.2, -0.15) is 0 Å². The van der Waals surface area contributed by atoms with E-state index in [0.29, 0.717) is 45.3 Å². The van der Waals surface area contributed by atoms with E-state index in [9.17, 15) is 9.59 Å². The van der Waals surface area contributed by atoms with E-state index in [4.69, 9.17) is 9.47 Å². The number of ether oxygens (including phenoxy) is 2. The first-order valence-corrected chi connectivity index (χ1v) is 17.5. The zero-order valence-corrected chi connectivity index (χ0v) is 29.5. The van der Waals surface area contributed by atoms with Gasteiger partial charge in [-0.25, -0.2) is 14.6 Å². The van der Waals surface area contributed by atoms with Gasteiger partial charge in [0.2, 0.25) is 0 Å². The van der Waals surface area contributed by atoms with E-state index in [1.807, 2.05) is 59.0 Å². The van der Waals surface area contributed by atoms with Gasteiger partial charge in [0.25, 0.3) is 0 Å². The van der Waals surface area contributed by atoms with E-state index >= 15 is 0 Å². The predicted octanol–water partition coefficient (Wildman–Crippen LogP) is 8.55. The van der Waals surface area contributed by atoms with Gasteiger partial charge in [0.1, 0.15) is 6.61 Å². The molecular weight excluding hydrogens is 614 g/mol. The normalized spacial score (nSPS) is 13.9. The molecule has 260 valence electrons. The molecular formula is C40H51N5O4. The number of fused-ring (bicyclic) bond motifs is 1. The molecule has 1 aliphatic rings. The maximum absolute atomic E-state index is 13.9. The van der Waals surface area contributed by atoms with Crippen LogP contribution in [0.25, 0.3) is 21.9 Å². The third kappa shape index (κ3) is 9.95. The highest BCUT2D eigenvalue weighted by molar-refractivity contribution is 5.97. The Bertz CT molecular complexity index is 1730. The summed E-state index contributed by atoms with van der Waals surface area (Å²) in [6.45, 7) is 10.3. The van der Waals surface area contributed by atoms with Crippen LogP contribution in [0.1, 0.15) is 58.6 Å². The standard InChI is InChI=1S/C40H51N5O4/c1-31(2)10-7-11-32(3)19-25-49-40(47)42-21-16-33(17-22-42)27-45-30-41-26-36(45)29-43(20-9-24-48-4)39(46)44-23-18-35(28-44)38-15-8-13-34-12-5-6-14-37(34)38/h5-6,8,10,12-15,18-19,23,26,28,30,33H,7,9,11,16-17,20-22,24-25,27,29H2,1-4H3/b32-19+. The summed E-state index contributed by atoms with van der Waals surface area (Å²) in [7, 11) is 1.68. The highest BCUT2D eigenvalue weighted by atomic mass is 16.6. The van der Waals surface area contributed by atoms with E-state index in [1.54, 1.807) is 11.7 Å². The number of allylic oxidation sites excluding steroid dienone is 3. The third-order valence-corrected chi connectivity index (χ3v) is 9.27. The number of likely N-dealkylation sites (tertiary alicyclic amines) is 1. The van der Waals surface area contributed by atoms with Crippen molar-refractivity contribution in [3.8, 4) is 11.1 Å². The van der Waals surface area contributed by atoms with Crippen molar-refractivity contribution in [2.45, 2.75) is 66.0 Å². The van der Waals surface area contributed by atoms with Crippen molar-refractivity contribution in [3.63, 3.8) is 0 Å². The van der Waals surface area contributed by atoms with Crippen LogP contribution in [0.3, 0.4) is 0 Å². The van der Waals surface area contributed by atoms with Gasteiger partial charge in [0, 0.05) is 64.0 Å². The highest BCUT2D eigenvalue weighted by Crippen LogP contribution is 2.29. The van der Waals surface area contributed by atoms with Crippen molar-refractivity contribution >= 4 is 22.9 Å². The number of aromatic nitrogens is 3. The van der Waals surface area contributed by atoms with Gasteiger partial charge in [0.15, 0.2) is 0 Å². The van der Waals surface area contributed by atoms with Gasteiger partial charge in [-0.05, 0) is 87.3 Å². The molecule has 2 aromatic carbocycles. The van der Waals surface area contributed by atoms with Crippen molar-refractivity contribution in [2.75, 3.05) is 40.0 Å². The van der Waals surface area contributed by atoms with Crippen molar-refractivity contribution in [3.05, 3.63) is 102 Å². The molecule has 0 aliphatic carbocycles. The number of hydrogen-bond acceptors (Lipinski definition) is 5. The number of benzene rings is 2. The number of carbonyl (C=O) groups excluding carboxylic acids is 2. The second-order valence-corrected chi connectivity index (χ2v) is 13.3. The lowest BCUT2D eigenvalue weighted by Crippen LogP contribution is -2.40. The Morgan fingerprint density at radius 1 is 1.02 bits per heavy atom. The number of amides is 2. The molecule has 1 aliphatic heterocycles. The molecule has 0 spiro atoms. The van der Waals surface area contributed by atoms with E-state index in [0.717, 1.165) is 60.9 Å². The topological polar surface area (TPSA) is 81.8 Å². The molecule has 0 atom stereocenters. The maximum Gasteiger partial charge on any atom is 0.410 e. The number of rotatable bonds is 14. The lowest BCUT2D eigenvalue weighted by Gasteiger charge is -2.32. The molecule has 0 radical (unpaired) electrons. The molecule has 1 fully saturated rings. The van der Waals surface area contributed by atoms with E-state index in [-0.39, 0.29) is 12.1 Å². The predicted molar refractivity (Wildman–Crippen MR) is 195 cm³/mol. The molecule has 5 rings (SSSR count). The fourth-order valence-corrected chi connectivity index (χ4v) is 6.41. The molecule has 9 heteroatoms. The lowest BCUT2D eigenvalue weighted by atomic mass is 9.97. The lowest BCUT2D eigenvalue weighted by molar-refractivity contribution is 0.0939. The van der Waals surface area contributed by atoms with Gasteiger partial charge in [0.05, 0.1) is 18.6 Å². The smallest absolute Gasteiger partial charge is 0.410 e. The van der Waals surface area contributed by atoms with Crippen molar-refractivity contribution < 1.29 is 19.1 Å². The number of imidazole rings is 1. The first kappa shape index (κ1) is 35.7. The number of piperidine rings is 1. The second kappa shape index (κ2) is 17.7. The quantitative estimate of drug-likeness (QED) is 0.0996. The number of methoxy groups -OCH3 is 1. The highest BCUT2D eigenvalue weighted by Gasteiger charge is 2.25. The Morgan fingerprint density at radius 3 is 2.61 bits per heavy atom. The van der Waals surface area contributed by atoms with Crippen LogP contribution in [0.5, 0.6) is 0 Å². The van der Waals surface area contributed by atoms with Crippen LogP contribution in [0.4, 0.5) is 9.59 Å². The number of nitrogens with zero attached hydrogens (tertiary/aromatic N) is 5. The molecule has 0 unspecified atom stereocenters. The average molecular weight is 666 g/mol. The van der Waals surface area contributed by atoms with Crippen LogP contribution in [-0.4, -0.2) is 76.0 Å². The molecule has 49 heavy (non-hydrogen) atoms. The summed E-state index contributed by atoms with van der Waals surface area (Å²) in [4.78, 5) is 34.8. The fourth-order valence-electron chi connectivity index (χ4n) is 6.41. The largest absolute Gasteiger partial charge is 0.445 e. The molecule has 2 amide bonds. The Labute approximate surface area is 290 Å². The zero-order valence-electron chi connectivity index (χ0n) is 29.5. The van der Waals surface area contributed by atoms with Crippen LogP contribution in [0.2, 0.25) is 0 Å². The Kier molecular flexibility index (Phi) is 12.9. The van der Waals surface area contributed by atoms with Gasteiger partial charge >= 0.3 is 12.1 Å². The molecule has 0 saturated carbocycles. The first-order chi connectivity index (χ1) is 23.8. The fraction of sp³-hybridized carbons (Fsp3) is 0.425. The molecule has 1 saturated heterocycles. The van der Waals surface area contributed by atoms with Crippen LogP contribution in [0, 0.1) is 5.92 Å². The third-order valence-electron chi connectivity index (χ3n) is 9.27. The summed E-state index contributed by atoms with van der Waals surface area (Å²) in [5, 5.41) is 2.33. The summed E-state index contributed by atoms with van der Waals surface area (Å²) < 4.78 is 14.7. The molecule has 9 nitrogen and oxygen atoms in total. The number of hydrogen-bond donors (Lipinski definition) is 0. The summed E-state index contributed by atoms with van der Waals surface area (Å²) in [6, 6.07) is 16.5. The second-order valence-electron chi connectivity index (χ2n) is 13.3. The van der Waals surface area contributed by atoms with Crippen molar-refractivity contribution in [2.24, 2.45) is 5.92 Å². The molecule has 3 heterocycles. The van der Waals surface area contributed by atoms with Crippen LogP contribution in [0.15, 0.2) is 96.7 Å². The SMILES string of the molecule is COCCCN(Cc1cncn1CC1CCN(C(=O)OC/C=C(\C)CCC=C(C)C)CC1)C(=O)n1ccc(-c2cccc3ccccc23)c1. The Hall–Kier alpha value is -4.63. The maximum atomic E-state index is 13.9. The Morgan fingerprint density at radius 2 is 1.82 bits per heavy atom. The minimum Gasteiger partial charge on any atom is -0.445 e. The van der Waals surface area contributed by atoms with Gasteiger partial charge in [-0.1, -0.05) is 59.7 Å². The Balaban J connectivity index is 1.17. The monoisotopic (exact) mass is 665 g/mol. The molecule has 0 bridgehead atoms. The van der Waals surface area contributed by atoms with Gasteiger partial charge in [-0.15, -0.1) is 0 Å². The summed E-state index contributed by atoms with van der Waals surface area (Å²) in [5.74, 6) is 0.402. The van der Waals surface area contributed by atoms with E-state index in [2.05, 4.69) is 66.7 Å². The number of carbonyl (C=O) groups is 2. The van der Waals surface area contributed by atoms with Crippen molar-refractivity contribution in [1.29, 1.82) is 0 Å². The minimum absolute atomic E-state index is 0.0832. The zero-order chi connectivity index (χ0) is 34.6. The van der Waals surface area contributed by atoms with Crippen molar-refractivity contribution in [1.82, 2.24) is 23.9 Å². The molecule has 0 N–H and O–H groups in total. The summed E-state index contributed by atoms with van der Waals surface area (Å²) in [5.41, 5.74) is 5.65. The minimum atomic E-state index is -0.242. The average Bonchev–Trinajstić information content (AvgIpc) is 3.77. The first-order valence-electron chi connectivity index (χ1n) is 17.5. The van der Waals surface area contributed by atoms with E-state index < -0.39 is 0 Å². The summed E-state index contributed by atoms with van der Waals surface area (Å²) in [6.07, 6.45) is 16.0.